The Morgan fingerprint density at radius 3 is 2.60 bits per heavy atom. The van der Waals surface area contributed by atoms with Crippen molar-refractivity contribution in [1.82, 2.24) is 5.32 Å². The molecule has 0 aliphatic carbocycles. The molecule has 0 spiro atoms. The zero-order valence-corrected chi connectivity index (χ0v) is 18.9. The van der Waals surface area contributed by atoms with E-state index in [-0.39, 0.29) is 10.7 Å². The number of halogens is 1. The van der Waals surface area contributed by atoms with Gasteiger partial charge in [0.25, 0.3) is 11.8 Å². The quantitative estimate of drug-likeness (QED) is 0.404. The Kier molecular flexibility index (Phi) is 5.77. The molecule has 0 saturated carbocycles. The van der Waals surface area contributed by atoms with E-state index in [0.717, 1.165) is 15.6 Å². The molecule has 3 heterocycles. The van der Waals surface area contributed by atoms with E-state index >= 15 is 0 Å². The van der Waals surface area contributed by atoms with E-state index in [1.807, 2.05) is 32.0 Å². The second kappa shape index (κ2) is 8.33. The number of hydrogen-bond donors (Lipinski definition) is 1. The topological polar surface area (TPSA) is 75.0 Å². The largest absolute Gasteiger partial charge is 0.440 e. The van der Waals surface area contributed by atoms with E-state index in [9.17, 15) is 9.59 Å². The van der Waals surface area contributed by atoms with Crippen LogP contribution in [0, 0.1) is 13.8 Å². The third-order valence-electron chi connectivity index (χ3n) is 4.97. The van der Waals surface area contributed by atoms with E-state index in [2.05, 4.69) is 26.1 Å². The van der Waals surface area contributed by atoms with Crippen LogP contribution in [0.5, 0.6) is 0 Å². The van der Waals surface area contributed by atoms with Crippen molar-refractivity contribution >= 4 is 62.7 Å². The van der Waals surface area contributed by atoms with Gasteiger partial charge in [0.05, 0.1) is 23.4 Å². The van der Waals surface area contributed by atoms with Crippen LogP contribution in [-0.2, 0) is 14.3 Å². The van der Waals surface area contributed by atoms with Gasteiger partial charge < -0.3 is 14.1 Å². The van der Waals surface area contributed by atoms with Crippen molar-refractivity contribution < 1.29 is 18.7 Å². The molecule has 2 saturated heterocycles. The smallest absolute Gasteiger partial charge is 0.270 e. The van der Waals surface area contributed by atoms with Crippen molar-refractivity contribution in [2.75, 3.05) is 36.1 Å². The normalized spacial score (nSPS) is 18.9. The van der Waals surface area contributed by atoms with E-state index < -0.39 is 11.8 Å². The number of carbonyl (C=O) groups is 2. The summed E-state index contributed by atoms with van der Waals surface area (Å²) >= 11 is 8.78. The van der Waals surface area contributed by atoms with Gasteiger partial charge in [0.2, 0.25) is 5.88 Å². The highest BCUT2D eigenvalue weighted by Gasteiger charge is 2.35. The standard InChI is InChI=1S/C21H20BrN3O4S/c1-12-3-4-17(13(2)9-12)25-19(27)15(18(26)23-21(25)30)10-14-11-16(22)20(29-14)24-5-7-28-8-6-24/h3-4,9-11H,5-8H2,1-2H3,(H,23,26,30). The number of thiocarbonyl (C=S) groups is 1. The van der Waals surface area contributed by atoms with Crippen LogP contribution in [0.4, 0.5) is 11.6 Å². The SMILES string of the molecule is Cc1ccc(N2C(=O)C(=Cc3cc(Br)c(N4CCOCC4)o3)C(=O)NC2=S)c(C)c1. The van der Waals surface area contributed by atoms with Crippen molar-refractivity contribution in [3.8, 4) is 0 Å². The third-order valence-corrected chi connectivity index (χ3v) is 5.82. The van der Waals surface area contributed by atoms with Crippen LogP contribution in [0.15, 0.2) is 38.7 Å². The van der Waals surface area contributed by atoms with Gasteiger partial charge in [-0.1, -0.05) is 17.7 Å². The van der Waals surface area contributed by atoms with Crippen LogP contribution in [-0.4, -0.2) is 43.2 Å². The second-order valence-corrected chi connectivity index (χ2v) is 8.39. The van der Waals surface area contributed by atoms with Crippen molar-refractivity contribution in [3.63, 3.8) is 0 Å². The lowest BCUT2D eigenvalue weighted by atomic mass is 10.1. The van der Waals surface area contributed by atoms with Gasteiger partial charge in [0.15, 0.2) is 5.11 Å². The van der Waals surface area contributed by atoms with Crippen LogP contribution in [0.3, 0.4) is 0 Å². The fourth-order valence-electron chi connectivity index (χ4n) is 3.50. The summed E-state index contributed by atoms with van der Waals surface area (Å²) in [4.78, 5) is 29.1. The molecule has 0 bridgehead atoms. The fourth-order valence-corrected chi connectivity index (χ4v) is 4.34. The minimum Gasteiger partial charge on any atom is -0.440 e. The number of aryl methyl sites for hydroxylation is 2. The Labute approximate surface area is 187 Å². The minimum atomic E-state index is -0.550. The predicted molar refractivity (Wildman–Crippen MR) is 122 cm³/mol. The molecule has 1 aromatic heterocycles. The Balaban J connectivity index is 1.68. The van der Waals surface area contributed by atoms with E-state index in [1.54, 1.807) is 6.07 Å². The molecule has 2 aliphatic heterocycles. The molecule has 2 aromatic rings. The van der Waals surface area contributed by atoms with E-state index in [0.29, 0.717) is 43.6 Å². The highest BCUT2D eigenvalue weighted by Crippen LogP contribution is 2.33. The maximum Gasteiger partial charge on any atom is 0.270 e. The molecule has 9 heteroatoms. The Bertz CT molecular complexity index is 1070. The molecular formula is C21H20BrN3O4S. The van der Waals surface area contributed by atoms with Gasteiger partial charge in [-0.15, -0.1) is 0 Å². The number of nitrogens with zero attached hydrogens (tertiary/aromatic N) is 2. The first-order chi connectivity index (χ1) is 14.3. The van der Waals surface area contributed by atoms with Crippen LogP contribution in [0.2, 0.25) is 0 Å². The first kappa shape index (κ1) is 20.8. The molecule has 0 atom stereocenters. The summed E-state index contributed by atoms with van der Waals surface area (Å²) in [6, 6.07) is 7.43. The lowest BCUT2D eigenvalue weighted by Gasteiger charge is -2.30. The summed E-state index contributed by atoms with van der Waals surface area (Å²) in [5.41, 5.74) is 2.55. The van der Waals surface area contributed by atoms with Gasteiger partial charge in [-0.2, -0.15) is 0 Å². The number of anilines is 2. The molecule has 4 rings (SSSR count). The molecule has 0 unspecified atom stereocenters. The van der Waals surface area contributed by atoms with Crippen molar-refractivity contribution in [2.45, 2.75) is 13.8 Å². The molecule has 0 radical (unpaired) electrons. The number of rotatable bonds is 3. The third kappa shape index (κ3) is 3.92. The first-order valence-corrected chi connectivity index (χ1v) is 10.7. The molecule has 30 heavy (non-hydrogen) atoms. The fraction of sp³-hybridized carbons (Fsp3) is 0.286. The van der Waals surface area contributed by atoms with Crippen LogP contribution < -0.4 is 15.1 Å². The Hall–Kier alpha value is -2.49. The summed E-state index contributed by atoms with van der Waals surface area (Å²) in [5, 5.41) is 2.66. The Morgan fingerprint density at radius 2 is 1.90 bits per heavy atom. The highest BCUT2D eigenvalue weighted by molar-refractivity contribution is 9.10. The van der Waals surface area contributed by atoms with Gasteiger partial charge in [0, 0.05) is 19.2 Å². The van der Waals surface area contributed by atoms with Crippen LogP contribution in [0.25, 0.3) is 6.08 Å². The summed E-state index contributed by atoms with van der Waals surface area (Å²) in [6.07, 6.45) is 1.45. The number of morpholine rings is 1. The molecule has 2 amide bonds. The number of ether oxygens (including phenoxy) is 1. The zero-order chi connectivity index (χ0) is 21.4. The van der Waals surface area contributed by atoms with E-state index in [4.69, 9.17) is 21.4 Å². The number of nitrogens with one attached hydrogen (secondary N) is 1. The lowest BCUT2D eigenvalue weighted by molar-refractivity contribution is -0.122. The summed E-state index contributed by atoms with van der Waals surface area (Å²) in [5.74, 6) is 0.00782. The minimum absolute atomic E-state index is 0.0432. The van der Waals surface area contributed by atoms with Gasteiger partial charge in [0.1, 0.15) is 11.3 Å². The van der Waals surface area contributed by atoms with Crippen LogP contribution >= 0.6 is 28.1 Å². The maximum absolute atomic E-state index is 13.2. The average Bonchev–Trinajstić information content (AvgIpc) is 3.07. The molecule has 1 aromatic carbocycles. The van der Waals surface area contributed by atoms with Gasteiger partial charge in [-0.05, 0) is 59.7 Å². The number of carbonyl (C=O) groups excluding carboxylic acids is 2. The molecule has 1 N–H and O–H groups in total. The zero-order valence-electron chi connectivity index (χ0n) is 16.5. The average molecular weight is 490 g/mol. The first-order valence-electron chi connectivity index (χ1n) is 9.46. The lowest BCUT2D eigenvalue weighted by Crippen LogP contribution is -2.54. The molecule has 7 nitrogen and oxygen atoms in total. The molecule has 2 fully saturated rings. The monoisotopic (exact) mass is 489 g/mol. The maximum atomic E-state index is 13.2. The summed E-state index contributed by atoms with van der Waals surface area (Å²) in [6.45, 7) is 6.52. The van der Waals surface area contributed by atoms with Crippen molar-refractivity contribution in [2.24, 2.45) is 0 Å². The number of hydrogen-bond acceptors (Lipinski definition) is 6. The molecular weight excluding hydrogens is 470 g/mol. The summed E-state index contributed by atoms with van der Waals surface area (Å²) in [7, 11) is 0. The summed E-state index contributed by atoms with van der Waals surface area (Å²) < 4.78 is 12.0. The number of benzene rings is 1. The second-order valence-electron chi connectivity index (χ2n) is 7.15. The molecule has 156 valence electrons. The van der Waals surface area contributed by atoms with E-state index in [1.165, 1.54) is 11.0 Å². The van der Waals surface area contributed by atoms with Crippen molar-refractivity contribution in [3.05, 3.63) is 51.2 Å². The highest BCUT2D eigenvalue weighted by atomic mass is 79.9. The molecule has 2 aliphatic rings. The Morgan fingerprint density at radius 1 is 1.17 bits per heavy atom. The van der Waals surface area contributed by atoms with Gasteiger partial charge in [-0.3, -0.25) is 19.8 Å². The number of furan rings is 1. The number of amides is 2. The van der Waals surface area contributed by atoms with Gasteiger partial charge in [-0.25, -0.2) is 0 Å². The predicted octanol–water partition coefficient (Wildman–Crippen LogP) is 3.33. The van der Waals surface area contributed by atoms with Crippen molar-refractivity contribution in [1.29, 1.82) is 0 Å². The van der Waals surface area contributed by atoms with Gasteiger partial charge >= 0.3 is 0 Å². The van der Waals surface area contributed by atoms with Crippen LogP contribution in [0.1, 0.15) is 16.9 Å².